The van der Waals surface area contributed by atoms with Gasteiger partial charge in [0.1, 0.15) is 17.4 Å². The summed E-state index contributed by atoms with van der Waals surface area (Å²) in [6.45, 7) is 3.62. The molecule has 0 spiro atoms. The molecule has 2 amide bonds. The predicted octanol–water partition coefficient (Wildman–Crippen LogP) is 1.88. The van der Waals surface area contributed by atoms with Gasteiger partial charge in [0.15, 0.2) is 0 Å². The number of furan rings is 1. The Bertz CT molecular complexity index is 749. The van der Waals surface area contributed by atoms with Gasteiger partial charge in [-0.2, -0.15) is 0 Å². The molecule has 2 heterocycles. The first kappa shape index (κ1) is 16.5. The fourth-order valence-electron chi connectivity index (χ4n) is 2.56. The number of morpholine rings is 1. The Labute approximate surface area is 139 Å². The van der Waals surface area contributed by atoms with Gasteiger partial charge in [0, 0.05) is 25.6 Å². The standard InChI is InChI=1S/C17H20N2O5/c1-11(22-2)16(20)18-14-12-5-3-4-6-13(12)24-15(14)17(21)19-7-9-23-10-8-19/h3-6,11H,7-10H2,1-2H3,(H,18,20). The molecular formula is C17H20N2O5. The number of methoxy groups -OCH3 is 1. The third-order valence-electron chi connectivity index (χ3n) is 4.06. The van der Waals surface area contributed by atoms with Gasteiger partial charge in [-0.1, -0.05) is 12.1 Å². The van der Waals surface area contributed by atoms with Crippen molar-refractivity contribution in [1.82, 2.24) is 4.90 Å². The van der Waals surface area contributed by atoms with E-state index in [0.29, 0.717) is 43.0 Å². The Morgan fingerprint density at radius 2 is 1.96 bits per heavy atom. The van der Waals surface area contributed by atoms with E-state index < -0.39 is 6.10 Å². The van der Waals surface area contributed by atoms with Crippen molar-refractivity contribution >= 4 is 28.5 Å². The first-order chi connectivity index (χ1) is 11.6. The second-order valence-corrected chi connectivity index (χ2v) is 5.57. The summed E-state index contributed by atoms with van der Waals surface area (Å²) in [5.74, 6) is -0.454. The number of anilines is 1. The number of hydrogen-bond acceptors (Lipinski definition) is 5. The SMILES string of the molecule is COC(C)C(=O)Nc1c(C(=O)N2CCOCC2)oc2ccccc12. The van der Waals surface area contributed by atoms with Crippen LogP contribution in [0.2, 0.25) is 0 Å². The molecule has 1 atom stereocenters. The van der Waals surface area contributed by atoms with Gasteiger partial charge >= 0.3 is 0 Å². The maximum absolute atomic E-state index is 12.8. The minimum Gasteiger partial charge on any atom is -0.449 e. The van der Waals surface area contributed by atoms with E-state index >= 15 is 0 Å². The number of nitrogens with one attached hydrogen (secondary N) is 1. The van der Waals surface area contributed by atoms with Gasteiger partial charge in [0.2, 0.25) is 5.76 Å². The molecule has 1 aromatic carbocycles. The van der Waals surface area contributed by atoms with Gasteiger partial charge < -0.3 is 24.1 Å². The fourth-order valence-corrected chi connectivity index (χ4v) is 2.56. The quantitative estimate of drug-likeness (QED) is 0.924. The fraction of sp³-hybridized carbons (Fsp3) is 0.412. The van der Waals surface area contributed by atoms with Crippen LogP contribution in [0.15, 0.2) is 28.7 Å². The summed E-state index contributed by atoms with van der Waals surface area (Å²) < 4.78 is 16.1. The highest BCUT2D eigenvalue weighted by Gasteiger charge is 2.28. The lowest BCUT2D eigenvalue weighted by Crippen LogP contribution is -2.41. The maximum Gasteiger partial charge on any atom is 0.291 e. The molecule has 1 N–H and O–H groups in total. The molecule has 7 heteroatoms. The largest absolute Gasteiger partial charge is 0.449 e. The number of rotatable bonds is 4. The number of benzene rings is 1. The molecular weight excluding hydrogens is 312 g/mol. The third kappa shape index (κ3) is 3.13. The molecule has 0 radical (unpaired) electrons. The van der Waals surface area contributed by atoms with E-state index in [2.05, 4.69) is 5.32 Å². The molecule has 1 aliphatic rings. The van der Waals surface area contributed by atoms with Crippen molar-refractivity contribution in [1.29, 1.82) is 0 Å². The van der Waals surface area contributed by atoms with E-state index in [9.17, 15) is 9.59 Å². The average molecular weight is 332 g/mol. The van der Waals surface area contributed by atoms with Gasteiger partial charge in [-0.15, -0.1) is 0 Å². The van der Waals surface area contributed by atoms with Gasteiger partial charge in [0.25, 0.3) is 11.8 Å². The smallest absolute Gasteiger partial charge is 0.291 e. The zero-order valence-electron chi connectivity index (χ0n) is 13.7. The predicted molar refractivity (Wildman–Crippen MR) is 88.0 cm³/mol. The number of para-hydroxylation sites is 1. The van der Waals surface area contributed by atoms with Crippen LogP contribution >= 0.6 is 0 Å². The number of amides is 2. The van der Waals surface area contributed by atoms with Gasteiger partial charge in [-0.3, -0.25) is 9.59 Å². The molecule has 1 aromatic heterocycles. The number of hydrogen-bond donors (Lipinski definition) is 1. The van der Waals surface area contributed by atoms with E-state index in [1.807, 2.05) is 18.2 Å². The average Bonchev–Trinajstić information content (AvgIpc) is 2.99. The first-order valence-electron chi connectivity index (χ1n) is 7.84. The highest BCUT2D eigenvalue weighted by atomic mass is 16.5. The molecule has 0 saturated carbocycles. The highest BCUT2D eigenvalue weighted by molar-refractivity contribution is 6.11. The van der Waals surface area contributed by atoms with Crippen LogP contribution in [0.5, 0.6) is 0 Å². The van der Waals surface area contributed by atoms with Crippen molar-refractivity contribution in [3.05, 3.63) is 30.0 Å². The topological polar surface area (TPSA) is 81.0 Å². The summed E-state index contributed by atoms with van der Waals surface area (Å²) in [6.07, 6.45) is -0.634. The molecule has 3 rings (SSSR count). The van der Waals surface area contributed by atoms with Crippen molar-refractivity contribution < 1.29 is 23.5 Å². The van der Waals surface area contributed by atoms with Crippen LogP contribution in [-0.2, 0) is 14.3 Å². The van der Waals surface area contributed by atoms with Crippen LogP contribution in [-0.4, -0.2) is 56.2 Å². The van der Waals surface area contributed by atoms with E-state index in [0.717, 1.165) is 0 Å². The van der Waals surface area contributed by atoms with Crippen molar-refractivity contribution in [3.8, 4) is 0 Å². The minimum atomic E-state index is -0.634. The molecule has 1 fully saturated rings. The van der Waals surface area contributed by atoms with Crippen LogP contribution in [0.3, 0.4) is 0 Å². The number of carbonyl (C=O) groups is 2. The lowest BCUT2D eigenvalue weighted by Gasteiger charge is -2.26. The van der Waals surface area contributed by atoms with Crippen LogP contribution in [0.1, 0.15) is 17.5 Å². The Kier molecular flexibility index (Phi) is 4.82. The van der Waals surface area contributed by atoms with Crippen LogP contribution in [0.4, 0.5) is 5.69 Å². The Morgan fingerprint density at radius 3 is 2.67 bits per heavy atom. The normalized spacial score (nSPS) is 16.2. The van der Waals surface area contributed by atoms with E-state index in [1.165, 1.54) is 7.11 Å². The van der Waals surface area contributed by atoms with Crippen LogP contribution < -0.4 is 5.32 Å². The Morgan fingerprint density at radius 1 is 1.25 bits per heavy atom. The van der Waals surface area contributed by atoms with E-state index in [-0.39, 0.29) is 17.6 Å². The van der Waals surface area contributed by atoms with Gasteiger partial charge in [-0.05, 0) is 19.1 Å². The molecule has 1 saturated heterocycles. The lowest BCUT2D eigenvalue weighted by molar-refractivity contribution is -0.124. The van der Waals surface area contributed by atoms with Gasteiger partial charge in [-0.25, -0.2) is 0 Å². The van der Waals surface area contributed by atoms with Crippen molar-refractivity contribution in [2.75, 3.05) is 38.7 Å². The summed E-state index contributed by atoms with van der Waals surface area (Å²) >= 11 is 0. The zero-order chi connectivity index (χ0) is 17.1. The summed E-state index contributed by atoms with van der Waals surface area (Å²) in [7, 11) is 1.46. The molecule has 0 aliphatic carbocycles. The molecule has 1 unspecified atom stereocenters. The number of fused-ring (bicyclic) bond motifs is 1. The molecule has 0 bridgehead atoms. The lowest BCUT2D eigenvalue weighted by atomic mass is 10.2. The molecule has 128 valence electrons. The van der Waals surface area contributed by atoms with Crippen molar-refractivity contribution in [2.45, 2.75) is 13.0 Å². The number of ether oxygens (including phenoxy) is 2. The second kappa shape index (κ2) is 7.02. The summed E-state index contributed by atoms with van der Waals surface area (Å²) in [4.78, 5) is 26.7. The minimum absolute atomic E-state index is 0.134. The van der Waals surface area contributed by atoms with E-state index in [1.54, 1.807) is 17.9 Å². The summed E-state index contributed by atoms with van der Waals surface area (Å²) in [5, 5.41) is 3.45. The first-order valence-corrected chi connectivity index (χ1v) is 7.84. The third-order valence-corrected chi connectivity index (χ3v) is 4.06. The zero-order valence-corrected chi connectivity index (χ0v) is 13.7. The summed E-state index contributed by atoms with van der Waals surface area (Å²) in [5.41, 5.74) is 0.936. The number of nitrogens with zero attached hydrogens (tertiary/aromatic N) is 1. The van der Waals surface area contributed by atoms with Crippen LogP contribution in [0, 0.1) is 0 Å². The molecule has 24 heavy (non-hydrogen) atoms. The molecule has 2 aromatic rings. The number of carbonyl (C=O) groups excluding carboxylic acids is 2. The maximum atomic E-state index is 12.8. The van der Waals surface area contributed by atoms with Crippen molar-refractivity contribution in [3.63, 3.8) is 0 Å². The molecule has 7 nitrogen and oxygen atoms in total. The Balaban J connectivity index is 1.98. The van der Waals surface area contributed by atoms with Crippen molar-refractivity contribution in [2.24, 2.45) is 0 Å². The summed E-state index contributed by atoms with van der Waals surface area (Å²) in [6, 6.07) is 7.22. The Hall–Kier alpha value is -2.38. The monoisotopic (exact) mass is 332 g/mol. The highest BCUT2D eigenvalue weighted by Crippen LogP contribution is 2.32. The molecule has 1 aliphatic heterocycles. The second-order valence-electron chi connectivity index (χ2n) is 5.57. The van der Waals surface area contributed by atoms with Crippen LogP contribution in [0.25, 0.3) is 11.0 Å². The van der Waals surface area contributed by atoms with Gasteiger partial charge in [0.05, 0.1) is 13.2 Å². The van der Waals surface area contributed by atoms with E-state index in [4.69, 9.17) is 13.9 Å².